The van der Waals surface area contributed by atoms with Crippen LogP contribution in [0.25, 0.3) is 10.1 Å². The van der Waals surface area contributed by atoms with E-state index in [1.165, 1.54) is 74.0 Å². The molecular formula is C47H76F2N5O10PS3. The van der Waals surface area contributed by atoms with Gasteiger partial charge in [-0.15, -0.1) is 11.3 Å². The first-order valence-electron chi connectivity index (χ1n) is 22.6. The van der Waals surface area contributed by atoms with Crippen molar-refractivity contribution in [3.8, 4) is 0 Å². The van der Waals surface area contributed by atoms with Crippen LogP contribution in [0.2, 0.25) is 0 Å². The second kappa shape index (κ2) is 32.0. The summed E-state index contributed by atoms with van der Waals surface area (Å²) >= 11 is 3.35. The minimum Gasteiger partial charge on any atom is -0.396 e. The molecule has 3 aromatic rings. The molecule has 68 heavy (non-hydrogen) atoms. The van der Waals surface area contributed by atoms with Gasteiger partial charge in [-0.1, -0.05) is 65.8 Å². The first kappa shape index (κ1) is 62.9. The van der Waals surface area contributed by atoms with Gasteiger partial charge in [0.2, 0.25) is 6.41 Å². The maximum Gasteiger partial charge on any atom is 0.404 e. The molecule has 2 amide bonds. The van der Waals surface area contributed by atoms with Gasteiger partial charge in [0.15, 0.2) is 5.62 Å². The number of halogens is 2. The highest BCUT2D eigenvalue weighted by molar-refractivity contribution is 8.11. The number of thiophene rings is 1. The molecular weight excluding hydrogens is 960 g/mol. The molecule has 2 aliphatic rings. The van der Waals surface area contributed by atoms with Gasteiger partial charge in [-0.3, -0.25) is 18.9 Å². The quantitative estimate of drug-likeness (QED) is 0.0490. The van der Waals surface area contributed by atoms with Gasteiger partial charge in [0, 0.05) is 84.8 Å². The Labute approximate surface area is 414 Å². The average molecular weight is 1040 g/mol. The number of fused-ring (bicyclic) bond motifs is 1. The van der Waals surface area contributed by atoms with Crippen LogP contribution in [-0.2, 0) is 38.5 Å². The SMILES string of the molecule is CC(C)(C)CO.CC(C)(C=O)CO.CC(CCCC=O)C[C@H]1CC[C@@H](C)N1C.CNC(=O)c1cc2cc(C(F)(F)P(=O)(OCCSC)OCCSC=O)ccc2s1.O=CN1CC(n2ccnc2)C1. The van der Waals surface area contributed by atoms with E-state index in [4.69, 9.17) is 19.3 Å². The minimum atomic E-state index is -4.86. The number of carbonyl (C=O) groups is 5. The number of unbranched alkanes of at least 4 members (excludes halogenated alkanes) is 1. The van der Waals surface area contributed by atoms with Crippen LogP contribution in [0.3, 0.4) is 0 Å². The maximum absolute atomic E-state index is 15.2. The Balaban J connectivity index is 0.000000490. The second-order valence-corrected chi connectivity index (χ2v) is 23.6. The predicted octanol–water partition coefficient (Wildman–Crippen LogP) is 8.81. The van der Waals surface area contributed by atoms with Gasteiger partial charge < -0.3 is 48.5 Å². The van der Waals surface area contributed by atoms with Crippen LogP contribution in [-0.4, -0.2) is 144 Å². The summed E-state index contributed by atoms with van der Waals surface area (Å²) in [4.78, 5) is 61.1. The van der Waals surface area contributed by atoms with Gasteiger partial charge in [0.25, 0.3) is 5.91 Å². The Morgan fingerprint density at radius 3 is 2.16 bits per heavy atom. The number of aliphatic hydroxyl groups is 2. The number of aliphatic hydroxyl groups excluding tert-OH is 2. The monoisotopic (exact) mass is 1040 g/mol. The van der Waals surface area contributed by atoms with Gasteiger partial charge in [-0.2, -0.15) is 20.5 Å². The number of thioether (sulfide) groups is 2. The number of nitrogens with one attached hydrogen (secondary N) is 1. The number of aldehydes is 2. The maximum atomic E-state index is 15.2. The van der Waals surface area contributed by atoms with Crippen molar-refractivity contribution in [2.24, 2.45) is 16.7 Å². The molecule has 4 heterocycles. The van der Waals surface area contributed by atoms with Gasteiger partial charge >= 0.3 is 13.3 Å². The molecule has 0 spiro atoms. The van der Waals surface area contributed by atoms with Crippen LogP contribution in [0.4, 0.5) is 8.78 Å². The fourth-order valence-corrected chi connectivity index (χ4v) is 9.50. The lowest BCUT2D eigenvalue weighted by atomic mass is 9.95. The summed E-state index contributed by atoms with van der Waals surface area (Å²) in [6, 6.07) is 7.28. The highest BCUT2D eigenvalue weighted by atomic mass is 32.2. The number of hydrogen-bond acceptors (Lipinski definition) is 15. The molecule has 2 aromatic heterocycles. The molecule has 0 radical (unpaired) electrons. The molecule has 2 unspecified atom stereocenters. The number of nitrogens with zero attached hydrogens (tertiary/aromatic N) is 4. The molecule has 0 saturated carbocycles. The molecule has 2 saturated heterocycles. The molecule has 2 fully saturated rings. The molecule has 2 aliphatic heterocycles. The highest BCUT2D eigenvalue weighted by Crippen LogP contribution is 2.67. The Kier molecular flexibility index (Phi) is 29.6. The Morgan fingerprint density at radius 1 is 1.04 bits per heavy atom. The normalized spacial score (nSPS) is 17.5. The lowest BCUT2D eigenvalue weighted by Crippen LogP contribution is -2.46. The first-order valence-corrected chi connectivity index (χ1v) is 27.4. The van der Waals surface area contributed by atoms with Gasteiger partial charge in [0.05, 0.1) is 37.1 Å². The number of hydrogen-bond donors (Lipinski definition) is 3. The number of amides is 2. The molecule has 5 rings (SSSR count). The van der Waals surface area contributed by atoms with Crippen molar-refractivity contribution >= 4 is 83.1 Å². The summed E-state index contributed by atoms with van der Waals surface area (Å²) in [7, 11) is -1.13. The lowest BCUT2D eigenvalue weighted by Gasteiger charge is -2.36. The fraction of sp³-hybridized carbons (Fsp3) is 0.660. The summed E-state index contributed by atoms with van der Waals surface area (Å²) in [6.07, 6.45) is 16.9. The van der Waals surface area contributed by atoms with Crippen LogP contribution < -0.4 is 5.32 Å². The Hall–Kier alpha value is -3.07. The molecule has 1 aromatic carbocycles. The van der Waals surface area contributed by atoms with Crippen molar-refractivity contribution in [1.82, 2.24) is 24.7 Å². The zero-order chi connectivity index (χ0) is 51.6. The summed E-state index contributed by atoms with van der Waals surface area (Å²) in [5.41, 5.74) is -4.32. The van der Waals surface area contributed by atoms with Crippen molar-refractivity contribution in [3.05, 3.63) is 53.4 Å². The van der Waals surface area contributed by atoms with Crippen LogP contribution in [0.15, 0.2) is 43.0 Å². The molecule has 0 aliphatic carbocycles. The minimum absolute atomic E-state index is 0.0729. The summed E-state index contributed by atoms with van der Waals surface area (Å²) in [5.74, 6) is 0.893. The van der Waals surface area contributed by atoms with Crippen LogP contribution in [0, 0.1) is 16.7 Å². The van der Waals surface area contributed by atoms with E-state index in [1.54, 1.807) is 37.5 Å². The number of imidazole rings is 1. The van der Waals surface area contributed by atoms with E-state index in [9.17, 15) is 28.5 Å². The second-order valence-electron chi connectivity index (χ2n) is 18.5. The van der Waals surface area contributed by atoms with E-state index >= 15 is 8.78 Å². The standard InChI is InChI=1S/C17H20F2NO5PS3.C13H25NO.C7H9N3O.C5H10O2.C5H12O/c1-20-16(22)15-10-12-9-13(3-4-14(12)29-15)17(18,19)26(23,24-5-7-27-2)25-6-8-28-11-21;1-11(6-4-5-9-15)10-13-8-7-12(2)14(13)3;11-6-9-3-7(4-9)10-2-1-8-5-10;1-5(2,3-6)4-7;1-5(2,3)4-6/h3-4,9-11H,5-8H2,1-2H3,(H,20,22);9,11-13H,4-8,10H2,1-3H3;1-2,5-7H,3-4H2;3,7H,4H2,1-2H3;6H,4H2,1-3H3/t;11?,12-,13-;;;/m.1.../s1. The largest absolute Gasteiger partial charge is 0.404 e. The third-order valence-corrected chi connectivity index (χ3v) is 15.0. The van der Waals surface area contributed by atoms with Crippen molar-refractivity contribution in [2.75, 3.05) is 71.4 Å². The summed E-state index contributed by atoms with van der Waals surface area (Å²) < 4.78 is 56.2. The first-order chi connectivity index (χ1) is 32.0. The number of likely N-dealkylation sites (tertiary alicyclic amines) is 2. The van der Waals surface area contributed by atoms with E-state index in [0.717, 1.165) is 80.7 Å². The molecule has 15 nitrogen and oxygen atoms in total. The van der Waals surface area contributed by atoms with E-state index in [-0.39, 0.29) is 43.5 Å². The van der Waals surface area contributed by atoms with E-state index in [2.05, 4.69) is 36.1 Å². The summed E-state index contributed by atoms with van der Waals surface area (Å²) in [5, 5.41) is 19.7. The number of aromatic nitrogens is 2. The third kappa shape index (κ3) is 22.3. The predicted molar refractivity (Wildman–Crippen MR) is 273 cm³/mol. The highest BCUT2D eigenvalue weighted by Gasteiger charge is 2.55. The van der Waals surface area contributed by atoms with Gasteiger partial charge in [-0.25, -0.2) is 4.98 Å². The van der Waals surface area contributed by atoms with Crippen LogP contribution in [0.5, 0.6) is 0 Å². The number of benzene rings is 1. The van der Waals surface area contributed by atoms with Crippen LogP contribution >= 0.6 is 42.5 Å². The van der Waals surface area contributed by atoms with E-state index in [1.807, 2.05) is 31.5 Å². The smallest absolute Gasteiger partial charge is 0.396 e. The number of carbonyl (C=O) groups excluding carboxylic acids is 5. The van der Waals surface area contributed by atoms with Crippen molar-refractivity contribution in [2.45, 2.75) is 111 Å². The van der Waals surface area contributed by atoms with Crippen LogP contribution in [0.1, 0.15) is 108 Å². The van der Waals surface area contributed by atoms with Gasteiger partial charge in [-0.05, 0) is 80.8 Å². The molecule has 386 valence electrons. The van der Waals surface area contributed by atoms with E-state index < -0.39 is 24.2 Å². The summed E-state index contributed by atoms with van der Waals surface area (Å²) in [6.45, 7) is 15.3. The van der Waals surface area contributed by atoms with Crippen molar-refractivity contribution in [3.63, 3.8) is 0 Å². The zero-order valence-corrected chi connectivity index (χ0v) is 44.8. The molecule has 0 bridgehead atoms. The molecule has 21 heteroatoms. The number of rotatable bonds is 22. The zero-order valence-electron chi connectivity index (χ0n) is 41.4. The lowest BCUT2D eigenvalue weighted by molar-refractivity contribution is -0.123. The van der Waals surface area contributed by atoms with Crippen molar-refractivity contribution in [1.29, 1.82) is 0 Å². The number of alkyl halides is 2. The topological polar surface area (TPSA) is 198 Å². The third-order valence-electron chi connectivity index (χ3n) is 10.8. The van der Waals surface area contributed by atoms with E-state index in [0.29, 0.717) is 32.4 Å². The Bertz CT molecular complexity index is 1970. The molecule has 3 N–H and O–H groups in total. The van der Waals surface area contributed by atoms with Crippen molar-refractivity contribution < 1.29 is 56.6 Å². The Morgan fingerprint density at radius 2 is 1.69 bits per heavy atom. The fourth-order valence-electron chi connectivity index (χ4n) is 6.22. The average Bonchev–Trinajstić information content (AvgIpc) is 4.06. The molecule has 4 atom stereocenters. The van der Waals surface area contributed by atoms with Gasteiger partial charge in [0.1, 0.15) is 12.6 Å².